The number of hydrogen-bond acceptors (Lipinski definition) is 1. The van der Waals surface area contributed by atoms with Gasteiger partial charge < -0.3 is 5.11 Å². The van der Waals surface area contributed by atoms with E-state index in [1.807, 2.05) is 0 Å². The van der Waals surface area contributed by atoms with Gasteiger partial charge in [-0.3, -0.25) is 0 Å². The summed E-state index contributed by atoms with van der Waals surface area (Å²) in [6.07, 6.45) is -1.06. The largest absolute Gasteiger partial charge is 0.388 e. The van der Waals surface area contributed by atoms with Gasteiger partial charge in [-0.1, -0.05) is 6.07 Å². The maximum absolute atomic E-state index is 13.5. The van der Waals surface area contributed by atoms with Crippen molar-refractivity contribution >= 4 is 0 Å². The fourth-order valence-electron chi connectivity index (χ4n) is 2.03. The number of rotatable bonds is 3. The minimum absolute atomic E-state index is 0.0595. The molecule has 19 heavy (non-hydrogen) atoms. The molecular weight excluding hydrogens is 253 g/mol. The molecule has 0 amide bonds. The molecule has 0 aliphatic rings. The normalized spacial score (nSPS) is 12.5. The molecule has 0 aliphatic heterocycles. The molecule has 0 saturated carbocycles. The Morgan fingerprint density at radius 3 is 2.32 bits per heavy atom. The Balaban J connectivity index is 2.25. The highest BCUT2D eigenvalue weighted by Gasteiger charge is 2.14. The van der Waals surface area contributed by atoms with Gasteiger partial charge in [-0.05, 0) is 53.9 Å². The second kappa shape index (κ2) is 5.45. The molecule has 0 radical (unpaired) electrons. The van der Waals surface area contributed by atoms with Gasteiger partial charge in [0.2, 0.25) is 0 Å². The molecule has 0 spiro atoms. The van der Waals surface area contributed by atoms with E-state index < -0.39 is 23.6 Å². The highest BCUT2D eigenvalue weighted by atomic mass is 19.1. The number of aliphatic hydroxyl groups excluding tert-OH is 1. The molecule has 2 aromatic rings. The first-order chi connectivity index (χ1) is 8.97. The minimum Gasteiger partial charge on any atom is -0.388 e. The standard InChI is InChI=1S/C15H13F3O/c1-9-6-11(16)2-4-13(9)15(19)8-10-7-12(17)3-5-14(10)18/h2-7,15,19H,8H2,1H3. The summed E-state index contributed by atoms with van der Waals surface area (Å²) in [4.78, 5) is 0. The molecule has 100 valence electrons. The first-order valence-corrected chi connectivity index (χ1v) is 5.85. The lowest BCUT2D eigenvalue weighted by Crippen LogP contribution is -2.06. The van der Waals surface area contributed by atoms with Crippen molar-refractivity contribution in [2.75, 3.05) is 0 Å². The maximum Gasteiger partial charge on any atom is 0.126 e. The topological polar surface area (TPSA) is 20.2 Å². The molecule has 1 N–H and O–H groups in total. The van der Waals surface area contributed by atoms with Crippen LogP contribution in [0.3, 0.4) is 0 Å². The van der Waals surface area contributed by atoms with E-state index in [-0.39, 0.29) is 12.0 Å². The maximum atomic E-state index is 13.5. The summed E-state index contributed by atoms with van der Waals surface area (Å²) in [5.74, 6) is -1.52. The Labute approximate surface area is 109 Å². The SMILES string of the molecule is Cc1cc(F)ccc1C(O)Cc1cc(F)ccc1F. The third-order valence-corrected chi connectivity index (χ3v) is 3.01. The lowest BCUT2D eigenvalue weighted by Gasteiger charge is -2.14. The lowest BCUT2D eigenvalue weighted by molar-refractivity contribution is 0.176. The van der Waals surface area contributed by atoms with Gasteiger partial charge in [-0.2, -0.15) is 0 Å². The smallest absolute Gasteiger partial charge is 0.126 e. The molecule has 4 heteroatoms. The van der Waals surface area contributed by atoms with Crippen molar-refractivity contribution < 1.29 is 18.3 Å². The van der Waals surface area contributed by atoms with Gasteiger partial charge in [0.1, 0.15) is 17.5 Å². The number of halogens is 3. The number of aryl methyl sites for hydroxylation is 1. The summed E-state index contributed by atoms with van der Waals surface area (Å²) in [5.41, 5.74) is 1.17. The van der Waals surface area contributed by atoms with Gasteiger partial charge >= 0.3 is 0 Å². The van der Waals surface area contributed by atoms with Crippen molar-refractivity contribution in [1.29, 1.82) is 0 Å². The van der Waals surface area contributed by atoms with Crippen molar-refractivity contribution in [3.05, 3.63) is 70.5 Å². The summed E-state index contributed by atoms with van der Waals surface area (Å²) in [7, 11) is 0. The quantitative estimate of drug-likeness (QED) is 0.898. The number of aliphatic hydroxyl groups is 1. The van der Waals surface area contributed by atoms with Gasteiger partial charge in [-0.15, -0.1) is 0 Å². The van der Waals surface area contributed by atoms with E-state index >= 15 is 0 Å². The van der Waals surface area contributed by atoms with Gasteiger partial charge in [0.15, 0.2) is 0 Å². The van der Waals surface area contributed by atoms with E-state index in [1.54, 1.807) is 6.92 Å². The molecule has 1 atom stereocenters. The predicted molar refractivity (Wildman–Crippen MR) is 66.2 cm³/mol. The molecule has 1 nitrogen and oxygen atoms in total. The van der Waals surface area contributed by atoms with E-state index in [0.717, 1.165) is 18.2 Å². The van der Waals surface area contributed by atoms with Gasteiger partial charge in [0, 0.05) is 6.42 Å². The fourth-order valence-corrected chi connectivity index (χ4v) is 2.03. The molecule has 0 aliphatic carbocycles. The molecular formula is C15H13F3O. The Morgan fingerprint density at radius 2 is 1.63 bits per heavy atom. The molecule has 0 heterocycles. The Kier molecular flexibility index (Phi) is 3.90. The predicted octanol–water partition coefficient (Wildman–Crippen LogP) is 3.69. The fraction of sp³-hybridized carbons (Fsp3) is 0.200. The second-order valence-electron chi connectivity index (χ2n) is 4.46. The van der Waals surface area contributed by atoms with Crippen LogP contribution in [0.4, 0.5) is 13.2 Å². The second-order valence-corrected chi connectivity index (χ2v) is 4.46. The molecule has 0 aromatic heterocycles. The van der Waals surface area contributed by atoms with Crippen LogP contribution in [0.15, 0.2) is 36.4 Å². The van der Waals surface area contributed by atoms with Gasteiger partial charge in [0.05, 0.1) is 6.10 Å². The van der Waals surface area contributed by atoms with E-state index in [2.05, 4.69) is 0 Å². The highest BCUT2D eigenvalue weighted by Crippen LogP contribution is 2.23. The Bertz CT molecular complexity index is 596. The summed E-state index contributed by atoms with van der Waals surface area (Å²) < 4.78 is 39.5. The summed E-state index contributed by atoms with van der Waals surface area (Å²) in [5, 5.41) is 10.0. The zero-order chi connectivity index (χ0) is 14.0. The van der Waals surface area contributed by atoms with Crippen molar-refractivity contribution in [2.24, 2.45) is 0 Å². The van der Waals surface area contributed by atoms with Gasteiger partial charge in [-0.25, -0.2) is 13.2 Å². The van der Waals surface area contributed by atoms with Crippen LogP contribution in [-0.2, 0) is 6.42 Å². The molecule has 1 unspecified atom stereocenters. The third-order valence-electron chi connectivity index (χ3n) is 3.01. The van der Waals surface area contributed by atoms with Gasteiger partial charge in [0.25, 0.3) is 0 Å². The summed E-state index contributed by atoms with van der Waals surface area (Å²) in [6, 6.07) is 7.07. The first kappa shape index (κ1) is 13.6. The zero-order valence-corrected chi connectivity index (χ0v) is 10.3. The van der Waals surface area contributed by atoms with Crippen molar-refractivity contribution in [1.82, 2.24) is 0 Å². The zero-order valence-electron chi connectivity index (χ0n) is 10.3. The van der Waals surface area contributed by atoms with E-state index in [0.29, 0.717) is 11.1 Å². The van der Waals surface area contributed by atoms with Crippen LogP contribution >= 0.6 is 0 Å². The van der Waals surface area contributed by atoms with Crippen molar-refractivity contribution in [3.8, 4) is 0 Å². The number of benzene rings is 2. The van der Waals surface area contributed by atoms with Crippen LogP contribution in [0, 0.1) is 24.4 Å². The average molecular weight is 266 g/mol. The highest BCUT2D eigenvalue weighted by molar-refractivity contribution is 5.30. The van der Waals surface area contributed by atoms with Crippen LogP contribution in [0.5, 0.6) is 0 Å². The third kappa shape index (κ3) is 3.15. The molecule has 2 aromatic carbocycles. The Morgan fingerprint density at radius 1 is 1.00 bits per heavy atom. The van der Waals surface area contributed by atoms with Crippen LogP contribution in [-0.4, -0.2) is 5.11 Å². The number of hydrogen-bond donors (Lipinski definition) is 1. The minimum atomic E-state index is -1.00. The van der Waals surface area contributed by atoms with E-state index in [9.17, 15) is 18.3 Å². The summed E-state index contributed by atoms with van der Waals surface area (Å²) in [6.45, 7) is 1.66. The molecule has 0 fully saturated rings. The van der Waals surface area contributed by atoms with Crippen LogP contribution < -0.4 is 0 Å². The molecule has 0 saturated heterocycles. The van der Waals surface area contributed by atoms with Crippen molar-refractivity contribution in [3.63, 3.8) is 0 Å². The van der Waals surface area contributed by atoms with Crippen molar-refractivity contribution in [2.45, 2.75) is 19.4 Å². The van der Waals surface area contributed by atoms with Crippen LogP contribution in [0.1, 0.15) is 22.8 Å². The first-order valence-electron chi connectivity index (χ1n) is 5.85. The van der Waals surface area contributed by atoms with Crippen LogP contribution in [0.25, 0.3) is 0 Å². The van der Waals surface area contributed by atoms with E-state index in [4.69, 9.17) is 0 Å². The lowest BCUT2D eigenvalue weighted by atomic mass is 9.97. The molecule has 0 bridgehead atoms. The Hall–Kier alpha value is -1.81. The summed E-state index contributed by atoms with van der Waals surface area (Å²) >= 11 is 0. The van der Waals surface area contributed by atoms with E-state index in [1.165, 1.54) is 18.2 Å². The average Bonchev–Trinajstić information content (AvgIpc) is 2.33. The monoisotopic (exact) mass is 266 g/mol. The van der Waals surface area contributed by atoms with Crippen LogP contribution in [0.2, 0.25) is 0 Å². The molecule has 2 rings (SSSR count).